The highest BCUT2D eigenvalue weighted by molar-refractivity contribution is 7.92. The summed E-state index contributed by atoms with van der Waals surface area (Å²) < 4.78 is 155. The molecule has 8 N–H and O–H groups in total. The summed E-state index contributed by atoms with van der Waals surface area (Å²) in [6, 6.07) is 19.2. The second-order valence-corrected chi connectivity index (χ2v) is 34.7. The molecule has 12 heterocycles. The Kier molecular flexibility index (Phi) is 30.1. The Hall–Kier alpha value is -14.3. The standard InChI is InChI=1S/2C19H23N7O4S.2C18H20FN7O4S/c2*1-11-8-15(12(2)20-9-11)13(3)30-19(27)22-18-17(23-25-26(18)4)16-7-6-14(10-21-16)24-31(5,28)29;2*1-10-7-13(16(19)21-8-10)11(2)30-18(27)22-17-15(23-25-26(17)3)14-6-5-12(9-20-14)24-31(4,28)29/h2*6-10,13,24H,1-5H3,(H,22,27);2*5-9,11,24H,1-4H3,(H,22,27)/t2*13-;2*11-/m1111/s1. The summed E-state index contributed by atoms with van der Waals surface area (Å²) in [5.74, 6) is -0.491. The van der Waals surface area contributed by atoms with E-state index >= 15 is 0 Å². The van der Waals surface area contributed by atoms with Gasteiger partial charge in [0.2, 0.25) is 52.0 Å². The van der Waals surface area contributed by atoms with Crippen molar-refractivity contribution in [3.63, 3.8) is 0 Å². The van der Waals surface area contributed by atoms with Gasteiger partial charge in [-0.05, 0) is 164 Å². The lowest BCUT2D eigenvalue weighted by molar-refractivity contribution is 0.117. The molecule has 0 saturated heterocycles. The second kappa shape index (κ2) is 39.9. The first-order valence-corrected chi connectivity index (χ1v) is 44.1. The minimum Gasteiger partial charge on any atom is -0.441 e. The normalized spacial score (nSPS) is 12.3. The van der Waals surface area contributed by atoms with Gasteiger partial charge in [0.05, 0.1) is 95.3 Å². The lowest BCUT2D eigenvalue weighted by Gasteiger charge is -2.16. The zero-order valence-corrected chi connectivity index (χ0v) is 73.0. The molecule has 0 aromatic carbocycles. The zero-order chi connectivity index (χ0) is 91.0. The van der Waals surface area contributed by atoms with Crippen molar-refractivity contribution in [1.29, 1.82) is 0 Å². The predicted molar refractivity (Wildman–Crippen MR) is 450 cm³/mol. The number of anilines is 8. The fourth-order valence-corrected chi connectivity index (χ4v) is 13.4. The minimum absolute atomic E-state index is 0.147. The third-order valence-electron chi connectivity index (χ3n) is 16.8. The van der Waals surface area contributed by atoms with E-state index in [1.54, 1.807) is 92.5 Å². The van der Waals surface area contributed by atoms with Crippen molar-refractivity contribution in [2.24, 2.45) is 28.2 Å². The van der Waals surface area contributed by atoms with Crippen molar-refractivity contribution in [3.05, 3.63) is 190 Å². The van der Waals surface area contributed by atoms with Crippen molar-refractivity contribution in [2.45, 2.75) is 93.7 Å². The number of halogens is 2. The number of nitrogens with one attached hydrogen (secondary N) is 8. The number of carbonyl (C=O) groups excluding carboxylic acids is 4. The van der Waals surface area contributed by atoms with E-state index in [-0.39, 0.29) is 57.2 Å². The summed E-state index contributed by atoms with van der Waals surface area (Å²) in [7, 11) is -7.37. The number of aromatic nitrogens is 20. The first-order chi connectivity index (χ1) is 58.1. The van der Waals surface area contributed by atoms with Gasteiger partial charge in [-0.15, -0.1) is 20.4 Å². The molecule has 0 unspecified atom stereocenters. The molecule has 12 aromatic heterocycles. The first-order valence-electron chi connectivity index (χ1n) is 36.5. The summed E-state index contributed by atoms with van der Waals surface area (Å²) in [6.07, 6.45) is 9.83. The van der Waals surface area contributed by atoms with Crippen LogP contribution in [0.15, 0.2) is 122 Å². The Morgan fingerprint density at radius 2 is 0.532 bits per heavy atom. The SMILES string of the molecule is Cc1cnc(C)c([C@@H](C)OC(=O)Nc2c(-c3ccc(NS(C)(=O)=O)cn3)nnn2C)c1.Cc1cnc(C)c([C@@H](C)OC(=O)Nc2c(-c3ccc(NS(C)(=O)=O)cn3)nnn2C)c1.Cc1cnc(F)c([C@@H](C)OC(=O)Nc2c(-c3ccc(NS(C)(=O)=O)cn3)nnn2C)c1.Cc1cnc(F)c([C@@H](C)OC(=O)Nc2c(-c3ccc(NS(C)(=O)=O)cn3)nnn2C)c1. The summed E-state index contributed by atoms with van der Waals surface area (Å²) in [6.45, 7) is 17.6. The van der Waals surface area contributed by atoms with Gasteiger partial charge in [0, 0.05) is 86.6 Å². The van der Waals surface area contributed by atoms with E-state index in [0.29, 0.717) is 45.5 Å². The van der Waals surface area contributed by atoms with Crippen molar-refractivity contribution >= 4 is 110 Å². The molecule has 12 rings (SSSR count). The Bertz CT molecular complexity index is 5600. The summed E-state index contributed by atoms with van der Waals surface area (Å²) in [5, 5.41) is 42.0. The van der Waals surface area contributed by atoms with Gasteiger partial charge in [0.25, 0.3) is 0 Å². The van der Waals surface area contributed by atoms with Gasteiger partial charge in [0.1, 0.15) is 24.4 Å². The third-order valence-corrected chi connectivity index (χ3v) is 19.3. The Labute approximate surface area is 709 Å². The lowest BCUT2D eigenvalue weighted by Crippen LogP contribution is -2.19. The molecule has 0 aliphatic rings. The molecule has 0 bridgehead atoms. The number of sulfonamides is 4. The maximum atomic E-state index is 13.9. The summed E-state index contributed by atoms with van der Waals surface area (Å²) >= 11 is 0. The Balaban J connectivity index is 0.000000187. The van der Waals surface area contributed by atoms with E-state index < -0.39 is 101 Å². The molecular weight excluding hydrogens is 1700 g/mol. The molecule has 0 radical (unpaired) electrons. The van der Waals surface area contributed by atoms with Crippen LogP contribution in [0, 0.1) is 53.4 Å². The zero-order valence-electron chi connectivity index (χ0n) is 69.7. The first kappa shape index (κ1) is 93.6. The van der Waals surface area contributed by atoms with Crippen LogP contribution in [0.5, 0.6) is 0 Å². The molecule has 50 heteroatoms. The van der Waals surface area contributed by atoms with Gasteiger partial charge in [-0.3, -0.25) is 70.1 Å². The molecule has 0 aliphatic heterocycles. The Morgan fingerprint density at radius 3 is 0.742 bits per heavy atom. The van der Waals surface area contributed by atoms with Gasteiger partial charge in [0.15, 0.2) is 46.0 Å². The van der Waals surface area contributed by atoms with Crippen molar-refractivity contribution in [3.8, 4) is 45.6 Å². The molecule has 0 aliphatic carbocycles. The molecule has 0 spiro atoms. The topological polar surface area (TPSA) is 564 Å². The van der Waals surface area contributed by atoms with Crippen LogP contribution in [-0.4, -0.2) is 183 Å². The van der Waals surface area contributed by atoms with E-state index in [2.05, 4.69) is 121 Å². The molecule has 4 amide bonds. The van der Waals surface area contributed by atoms with E-state index in [9.17, 15) is 61.6 Å². The number of aryl methyl sites for hydroxylation is 10. The van der Waals surface area contributed by atoms with Crippen LogP contribution in [0.1, 0.15) is 108 Å². The van der Waals surface area contributed by atoms with Crippen LogP contribution in [0.3, 0.4) is 0 Å². The second-order valence-electron chi connectivity index (χ2n) is 27.7. The van der Waals surface area contributed by atoms with Crippen LogP contribution in [0.2, 0.25) is 0 Å². The average molecular weight is 1790 g/mol. The number of rotatable bonds is 24. The van der Waals surface area contributed by atoms with Crippen LogP contribution in [0.4, 0.5) is 74.0 Å². The number of amides is 4. The fraction of sp³-hybridized carbons (Fsp3) is 0.297. The smallest absolute Gasteiger partial charge is 0.413 e. The van der Waals surface area contributed by atoms with Gasteiger partial charge in [-0.2, -0.15) is 8.78 Å². The Morgan fingerprint density at radius 1 is 0.323 bits per heavy atom. The quantitative estimate of drug-likeness (QED) is 0.0206. The van der Waals surface area contributed by atoms with Crippen molar-refractivity contribution in [2.75, 3.05) is 65.2 Å². The number of hydrogen-bond donors (Lipinski definition) is 8. The summed E-state index contributed by atoms with van der Waals surface area (Å²) in [5.41, 5.74) is 10.6. The number of nitrogens with zero attached hydrogens (tertiary/aromatic N) is 20. The van der Waals surface area contributed by atoms with Crippen molar-refractivity contribution in [1.82, 2.24) is 99.8 Å². The van der Waals surface area contributed by atoms with Gasteiger partial charge in [-0.25, -0.2) is 81.5 Å². The monoisotopic (exact) mass is 1790 g/mol. The van der Waals surface area contributed by atoms with E-state index in [4.69, 9.17) is 18.9 Å². The van der Waals surface area contributed by atoms with Gasteiger partial charge in [-0.1, -0.05) is 20.9 Å². The van der Waals surface area contributed by atoms with Gasteiger partial charge >= 0.3 is 24.4 Å². The largest absolute Gasteiger partial charge is 0.441 e. The molecule has 4 atom stereocenters. The molecule has 12 aromatic rings. The van der Waals surface area contributed by atoms with Crippen LogP contribution >= 0.6 is 0 Å². The molecule has 0 saturated carbocycles. The van der Waals surface area contributed by atoms with Crippen LogP contribution in [0.25, 0.3) is 45.6 Å². The van der Waals surface area contributed by atoms with Crippen LogP contribution in [-0.2, 0) is 87.2 Å². The average Bonchev–Trinajstić information content (AvgIpc) is 1.68. The van der Waals surface area contributed by atoms with E-state index in [1.807, 2.05) is 39.8 Å². The van der Waals surface area contributed by atoms with Gasteiger partial charge < -0.3 is 18.9 Å². The van der Waals surface area contributed by atoms with Crippen molar-refractivity contribution < 1.29 is 80.6 Å². The number of pyridine rings is 8. The number of carbonyl (C=O) groups is 4. The fourth-order valence-electron chi connectivity index (χ4n) is 11.2. The highest BCUT2D eigenvalue weighted by atomic mass is 32.2. The minimum atomic E-state index is -3.44. The molecule has 656 valence electrons. The maximum absolute atomic E-state index is 13.9. The number of hydrogen-bond acceptors (Lipinski definition) is 32. The predicted octanol–water partition coefficient (Wildman–Crippen LogP) is 9.94. The highest BCUT2D eigenvalue weighted by Crippen LogP contribution is 2.33. The third kappa shape index (κ3) is 26.8. The molecule has 0 fully saturated rings. The molecular formula is C74H86F2N28O16S4. The molecule has 44 nitrogen and oxygen atoms in total. The molecule has 124 heavy (non-hydrogen) atoms. The highest BCUT2D eigenvalue weighted by Gasteiger charge is 2.27. The lowest BCUT2D eigenvalue weighted by atomic mass is 10.1. The van der Waals surface area contributed by atoms with Crippen LogP contribution < -0.4 is 40.2 Å². The van der Waals surface area contributed by atoms with E-state index in [1.165, 1.54) is 106 Å². The van der Waals surface area contributed by atoms with E-state index in [0.717, 1.165) is 69.8 Å². The summed E-state index contributed by atoms with van der Waals surface area (Å²) in [4.78, 5) is 82.4. The maximum Gasteiger partial charge on any atom is 0.413 e. The number of ether oxygens (including phenoxy) is 4.